The van der Waals surface area contributed by atoms with E-state index in [0.717, 1.165) is 37.4 Å². The second-order valence-electron chi connectivity index (χ2n) is 6.30. The number of aromatic nitrogens is 4. The van der Waals surface area contributed by atoms with Crippen molar-refractivity contribution in [2.75, 3.05) is 18.0 Å². The normalized spacial score (nSPS) is 17.1. The van der Waals surface area contributed by atoms with Crippen molar-refractivity contribution in [1.82, 2.24) is 24.9 Å². The number of benzene rings is 1. The van der Waals surface area contributed by atoms with Gasteiger partial charge in [0.05, 0.1) is 0 Å². The van der Waals surface area contributed by atoms with Crippen molar-refractivity contribution in [3.8, 4) is 0 Å². The molecule has 1 saturated heterocycles. The standard InChI is InChI=1S/C18H20N6O/c25-16(7-6-14-4-2-1-3-5-14)21-15-8-10-23(12-15)17-18-22-20-13-24(18)11-9-19-17/h1-5,9,11,13,15H,6-8,10,12H2,(H,21,25)/t15-/m0/s1. The van der Waals surface area contributed by atoms with Crippen molar-refractivity contribution in [3.05, 3.63) is 54.6 Å². The van der Waals surface area contributed by atoms with Gasteiger partial charge in [0.15, 0.2) is 5.82 Å². The van der Waals surface area contributed by atoms with Gasteiger partial charge < -0.3 is 10.2 Å². The molecule has 1 atom stereocenters. The highest BCUT2D eigenvalue weighted by molar-refractivity contribution is 5.76. The number of carbonyl (C=O) groups excluding carboxylic acids is 1. The summed E-state index contributed by atoms with van der Waals surface area (Å²) in [4.78, 5) is 18.8. The Morgan fingerprint density at radius 1 is 1.28 bits per heavy atom. The fourth-order valence-corrected chi connectivity index (χ4v) is 3.24. The van der Waals surface area contributed by atoms with Crippen LogP contribution in [0, 0.1) is 0 Å². The molecular formula is C18H20N6O. The zero-order valence-electron chi connectivity index (χ0n) is 13.9. The minimum absolute atomic E-state index is 0.101. The first-order chi connectivity index (χ1) is 12.3. The third-order valence-electron chi connectivity index (χ3n) is 4.53. The van der Waals surface area contributed by atoms with E-state index in [1.807, 2.05) is 28.8 Å². The minimum Gasteiger partial charge on any atom is -0.352 e. The van der Waals surface area contributed by atoms with Crippen molar-refractivity contribution in [2.45, 2.75) is 25.3 Å². The highest BCUT2D eigenvalue weighted by Crippen LogP contribution is 2.21. The molecule has 3 heterocycles. The number of amides is 1. The maximum Gasteiger partial charge on any atom is 0.220 e. The van der Waals surface area contributed by atoms with Crippen LogP contribution in [0.2, 0.25) is 0 Å². The van der Waals surface area contributed by atoms with Crippen LogP contribution in [-0.2, 0) is 11.2 Å². The summed E-state index contributed by atoms with van der Waals surface area (Å²) in [6.45, 7) is 1.60. The molecular weight excluding hydrogens is 316 g/mol. The van der Waals surface area contributed by atoms with Crippen LogP contribution in [0.3, 0.4) is 0 Å². The molecule has 0 saturated carbocycles. The van der Waals surface area contributed by atoms with E-state index in [1.165, 1.54) is 5.56 Å². The van der Waals surface area contributed by atoms with E-state index in [2.05, 4.69) is 37.5 Å². The van der Waals surface area contributed by atoms with Gasteiger partial charge in [-0.3, -0.25) is 9.20 Å². The molecule has 0 radical (unpaired) electrons. The zero-order valence-corrected chi connectivity index (χ0v) is 13.9. The number of hydrogen-bond acceptors (Lipinski definition) is 5. The number of nitrogens with one attached hydrogen (secondary N) is 1. The summed E-state index contributed by atoms with van der Waals surface area (Å²) in [5, 5.41) is 11.2. The van der Waals surface area contributed by atoms with Crippen LogP contribution in [0.4, 0.5) is 5.82 Å². The number of hydrogen-bond donors (Lipinski definition) is 1. The number of fused-ring (bicyclic) bond motifs is 1. The Morgan fingerprint density at radius 2 is 2.16 bits per heavy atom. The lowest BCUT2D eigenvalue weighted by Crippen LogP contribution is -2.37. The quantitative estimate of drug-likeness (QED) is 0.763. The number of anilines is 1. The third-order valence-corrected chi connectivity index (χ3v) is 4.53. The molecule has 7 heteroatoms. The summed E-state index contributed by atoms with van der Waals surface area (Å²) in [6, 6.07) is 10.2. The van der Waals surface area contributed by atoms with Gasteiger partial charge in [0, 0.05) is 37.9 Å². The van der Waals surface area contributed by atoms with E-state index in [0.29, 0.717) is 6.42 Å². The lowest BCUT2D eigenvalue weighted by atomic mass is 10.1. The summed E-state index contributed by atoms with van der Waals surface area (Å²) in [6.07, 6.45) is 7.44. The molecule has 0 bridgehead atoms. The number of nitrogens with zero attached hydrogens (tertiary/aromatic N) is 5. The largest absolute Gasteiger partial charge is 0.352 e. The molecule has 0 aliphatic carbocycles. The van der Waals surface area contributed by atoms with Crippen LogP contribution in [0.25, 0.3) is 5.65 Å². The first kappa shape index (κ1) is 15.6. The topological polar surface area (TPSA) is 75.4 Å². The fourth-order valence-electron chi connectivity index (χ4n) is 3.24. The zero-order chi connectivity index (χ0) is 17.1. The Labute approximate surface area is 145 Å². The lowest BCUT2D eigenvalue weighted by molar-refractivity contribution is -0.121. The van der Waals surface area contributed by atoms with Gasteiger partial charge in [-0.2, -0.15) is 0 Å². The summed E-state index contributed by atoms with van der Waals surface area (Å²) in [5.41, 5.74) is 1.94. The molecule has 1 amide bonds. The molecule has 1 aliphatic rings. The second kappa shape index (κ2) is 6.88. The van der Waals surface area contributed by atoms with Crippen LogP contribution in [0.1, 0.15) is 18.4 Å². The van der Waals surface area contributed by atoms with Gasteiger partial charge in [0.25, 0.3) is 0 Å². The van der Waals surface area contributed by atoms with Gasteiger partial charge >= 0.3 is 0 Å². The number of aryl methyl sites for hydroxylation is 1. The maximum absolute atomic E-state index is 12.2. The van der Waals surface area contributed by atoms with E-state index < -0.39 is 0 Å². The summed E-state index contributed by atoms with van der Waals surface area (Å²) in [5.74, 6) is 0.922. The average Bonchev–Trinajstić information content (AvgIpc) is 3.30. The molecule has 1 N–H and O–H groups in total. The van der Waals surface area contributed by atoms with Crippen LogP contribution in [0.15, 0.2) is 49.1 Å². The summed E-state index contributed by atoms with van der Waals surface area (Å²) < 4.78 is 1.86. The van der Waals surface area contributed by atoms with Crippen LogP contribution in [0.5, 0.6) is 0 Å². The highest BCUT2D eigenvalue weighted by Gasteiger charge is 2.26. The Morgan fingerprint density at radius 3 is 3.04 bits per heavy atom. The Hall–Kier alpha value is -2.96. The first-order valence-corrected chi connectivity index (χ1v) is 8.52. The van der Waals surface area contributed by atoms with Crippen molar-refractivity contribution < 1.29 is 4.79 Å². The molecule has 25 heavy (non-hydrogen) atoms. The van der Waals surface area contributed by atoms with Gasteiger partial charge in [0.1, 0.15) is 6.33 Å². The number of rotatable bonds is 5. The third kappa shape index (κ3) is 3.45. The van der Waals surface area contributed by atoms with Crippen LogP contribution in [-0.4, -0.2) is 44.6 Å². The first-order valence-electron chi connectivity index (χ1n) is 8.52. The van der Waals surface area contributed by atoms with Crippen molar-refractivity contribution in [1.29, 1.82) is 0 Å². The van der Waals surface area contributed by atoms with Crippen molar-refractivity contribution >= 4 is 17.4 Å². The molecule has 1 aliphatic heterocycles. The Balaban J connectivity index is 1.33. The molecule has 3 aromatic rings. The minimum atomic E-state index is 0.101. The Bertz CT molecular complexity index is 862. The van der Waals surface area contributed by atoms with Crippen molar-refractivity contribution in [3.63, 3.8) is 0 Å². The predicted molar refractivity (Wildman–Crippen MR) is 94.3 cm³/mol. The van der Waals surface area contributed by atoms with E-state index in [4.69, 9.17) is 0 Å². The smallest absolute Gasteiger partial charge is 0.220 e. The molecule has 1 fully saturated rings. The second-order valence-corrected chi connectivity index (χ2v) is 6.30. The monoisotopic (exact) mass is 336 g/mol. The molecule has 2 aromatic heterocycles. The predicted octanol–water partition coefficient (Wildman–Crippen LogP) is 1.45. The number of carbonyl (C=O) groups is 1. The maximum atomic E-state index is 12.2. The molecule has 4 rings (SSSR count). The molecule has 0 spiro atoms. The molecule has 7 nitrogen and oxygen atoms in total. The highest BCUT2D eigenvalue weighted by atomic mass is 16.1. The summed E-state index contributed by atoms with van der Waals surface area (Å²) in [7, 11) is 0. The fraction of sp³-hybridized carbons (Fsp3) is 0.333. The Kier molecular flexibility index (Phi) is 4.28. The summed E-state index contributed by atoms with van der Waals surface area (Å²) >= 11 is 0. The van der Waals surface area contributed by atoms with E-state index >= 15 is 0 Å². The van der Waals surface area contributed by atoms with Gasteiger partial charge in [-0.1, -0.05) is 30.3 Å². The van der Waals surface area contributed by atoms with Gasteiger partial charge in [-0.25, -0.2) is 4.98 Å². The van der Waals surface area contributed by atoms with Gasteiger partial charge in [-0.05, 0) is 18.4 Å². The van der Waals surface area contributed by atoms with E-state index in [-0.39, 0.29) is 11.9 Å². The van der Waals surface area contributed by atoms with Crippen LogP contribution >= 0.6 is 0 Å². The van der Waals surface area contributed by atoms with E-state index in [9.17, 15) is 4.79 Å². The molecule has 128 valence electrons. The van der Waals surface area contributed by atoms with Crippen LogP contribution < -0.4 is 10.2 Å². The van der Waals surface area contributed by atoms with Crippen molar-refractivity contribution in [2.24, 2.45) is 0 Å². The van der Waals surface area contributed by atoms with E-state index in [1.54, 1.807) is 12.5 Å². The van der Waals surface area contributed by atoms with Gasteiger partial charge in [0.2, 0.25) is 11.6 Å². The molecule has 1 aromatic carbocycles. The molecule has 0 unspecified atom stereocenters. The average molecular weight is 336 g/mol. The lowest BCUT2D eigenvalue weighted by Gasteiger charge is -2.18. The SMILES string of the molecule is O=C(CCc1ccccc1)N[C@H]1CCN(c2nccn3cnnc23)C1. The van der Waals surface area contributed by atoms with Gasteiger partial charge in [-0.15, -0.1) is 10.2 Å².